The van der Waals surface area contributed by atoms with E-state index in [-0.39, 0.29) is 12.1 Å². The molecule has 0 bridgehead atoms. The molecule has 1 heterocycles. The van der Waals surface area contributed by atoms with E-state index >= 15 is 0 Å². The van der Waals surface area contributed by atoms with Crippen molar-refractivity contribution in [3.05, 3.63) is 12.4 Å². The molecule has 0 radical (unpaired) electrons. The van der Waals surface area contributed by atoms with E-state index in [9.17, 15) is 9.59 Å². The minimum atomic E-state index is -0.358. The summed E-state index contributed by atoms with van der Waals surface area (Å²) in [7, 11) is 4.58. The van der Waals surface area contributed by atoms with Crippen LogP contribution < -0.4 is 0 Å². The second kappa shape index (κ2) is 7.16. The quantitative estimate of drug-likeness (QED) is 0.772. The molecule has 0 aromatic rings. The van der Waals surface area contributed by atoms with Crippen molar-refractivity contribution in [3.8, 4) is 0 Å². The number of carbonyl (C=O) groups is 2. The highest BCUT2D eigenvalue weighted by Crippen LogP contribution is 2.15. The minimum absolute atomic E-state index is 0.358. The fourth-order valence-electron chi connectivity index (χ4n) is 1.92. The summed E-state index contributed by atoms with van der Waals surface area (Å²) in [6, 6.07) is -0.716. The number of amides is 4. The largest absolute Gasteiger partial charge is 0.333 e. The average molecular weight is 269 g/mol. The minimum Gasteiger partial charge on any atom is -0.283 e. The van der Waals surface area contributed by atoms with Crippen LogP contribution in [0.25, 0.3) is 0 Å². The van der Waals surface area contributed by atoms with Crippen LogP contribution in [0.1, 0.15) is 34.1 Å². The Morgan fingerprint density at radius 2 is 1.16 bits per heavy atom. The number of nitrogens with zero attached hydrogens (tertiary/aromatic N) is 3. The summed E-state index contributed by atoms with van der Waals surface area (Å²) in [6.45, 7) is 12.7. The van der Waals surface area contributed by atoms with Crippen molar-refractivity contribution in [3.63, 3.8) is 0 Å². The maximum Gasteiger partial charge on any atom is 0.333 e. The second-order valence-electron chi connectivity index (χ2n) is 5.68. The molecule has 0 aliphatic carbocycles. The smallest absolute Gasteiger partial charge is 0.283 e. The van der Waals surface area contributed by atoms with Gasteiger partial charge in [0.1, 0.15) is 5.82 Å². The van der Waals surface area contributed by atoms with E-state index in [1.54, 1.807) is 14.1 Å². The van der Waals surface area contributed by atoms with E-state index in [2.05, 4.69) is 34.3 Å². The first kappa shape index (κ1) is 17.5. The molecule has 0 aromatic heterocycles. The molecule has 4 amide bonds. The van der Waals surface area contributed by atoms with Gasteiger partial charge in [0.25, 0.3) is 0 Å². The summed E-state index contributed by atoms with van der Waals surface area (Å²) < 4.78 is 0. The summed E-state index contributed by atoms with van der Waals surface area (Å²) in [5.74, 6) is 2.14. The summed E-state index contributed by atoms with van der Waals surface area (Å²) in [5.41, 5.74) is 0. The van der Waals surface area contributed by atoms with E-state index in [1.807, 2.05) is 0 Å². The van der Waals surface area contributed by atoms with Crippen LogP contribution in [0, 0.1) is 11.8 Å². The molecule has 1 rings (SSSR count). The van der Waals surface area contributed by atoms with E-state index in [4.69, 9.17) is 0 Å². The molecule has 1 saturated heterocycles. The van der Waals surface area contributed by atoms with Gasteiger partial charge in [0.15, 0.2) is 0 Å². The molecule has 110 valence electrons. The van der Waals surface area contributed by atoms with Gasteiger partial charge >= 0.3 is 12.1 Å². The highest BCUT2D eigenvalue weighted by atomic mass is 16.2. The van der Waals surface area contributed by atoms with Crippen molar-refractivity contribution in [2.75, 3.05) is 21.1 Å². The zero-order chi connectivity index (χ0) is 15.3. The fraction of sp³-hybridized carbons (Fsp3) is 0.714. The van der Waals surface area contributed by atoms with Crippen LogP contribution in [0.3, 0.4) is 0 Å². The van der Waals surface area contributed by atoms with Crippen molar-refractivity contribution in [1.82, 2.24) is 14.7 Å². The van der Waals surface area contributed by atoms with Gasteiger partial charge in [-0.1, -0.05) is 34.3 Å². The van der Waals surface area contributed by atoms with Crippen LogP contribution in [0.5, 0.6) is 0 Å². The first-order valence-corrected chi connectivity index (χ1v) is 6.57. The molecule has 0 N–H and O–H groups in total. The number of hydrogen-bond donors (Lipinski definition) is 0. The van der Waals surface area contributed by atoms with Crippen molar-refractivity contribution in [2.45, 2.75) is 34.1 Å². The molecule has 1 fully saturated rings. The monoisotopic (exact) mass is 269 g/mol. The van der Waals surface area contributed by atoms with Crippen molar-refractivity contribution in [1.29, 1.82) is 0 Å². The number of urea groups is 2. The first-order chi connectivity index (χ1) is 8.59. The lowest BCUT2D eigenvalue weighted by Crippen LogP contribution is -2.55. The van der Waals surface area contributed by atoms with E-state index in [0.29, 0.717) is 5.82 Å². The predicted molar refractivity (Wildman–Crippen MR) is 77.5 cm³/mol. The summed E-state index contributed by atoms with van der Waals surface area (Å²) in [4.78, 5) is 26.1. The Hall–Kier alpha value is -1.52. The Morgan fingerprint density at radius 1 is 0.842 bits per heavy atom. The molecule has 1 aliphatic rings. The molecule has 0 atom stereocenters. The molecule has 19 heavy (non-hydrogen) atoms. The Bertz CT molecular complexity index is 284. The third-order valence-electron chi connectivity index (χ3n) is 2.86. The van der Waals surface area contributed by atoms with Crippen molar-refractivity contribution >= 4 is 12.1 Å². The van der Waals surface area contributed by atoms with Crippen LogP contribution in [0.15, 0.2) is 12.4 Å². The zero-order valence-electron chi connectivity index (χ0n) is 13.2. The maximum absolute atomic E-state index is 11.2. The van der Waals surface area contributed by atoms with Gasteiger partial charge in [-0.25, -0.2) is 14.5 Å². The highest BCUT2D eigenvalue weighted by Gasteiger charge is 2.33. The molecule has 0 spiro atoms. The van der Waals surface area contributed by atoms with E-state index < -0.39 is 0 Å². The maximum atomic E-state index is 11.2. The molecule has 5 heteroatoms. The van der Waals surface area contributed by atoms with Gasteiger partial charge in [-0.05, 0) is 18.3 Å². The Labute approximate surface area is 116 Å². The predicted octanol–water partition coefficient (Wildman–Crippen LogP) is 3.20. The van der Waals surface area contributed by atoms with E-state index in [0.717, 1.165) is 16.7 Å². The van der Waals surface area contributed by atoms with Crippen molar-refractivity contribution in [2.24, 2.45) is 11.8 Å². The third kappa shape index (κ3) is 4.93. The molecular weight excluding hydrogens is 242 g/mol. The number of hydrogen-bond acceptors (Lipinski definition) is 2. The Balaban J connectivity index is 0.000000399. The standard InChI is InChI=1S/C7H11N3O2.C7H16/c1-5-8(2)6(11)10(4)7(12)9(5)3;1-6(2)5-7(3)4/h1H2,2-4H3;6-7H,5H2,1-4H3. The van der Waals surface area contributed by atoms with Gasteiger partial charge in [-0.3, -0.25) is 9.80 Å². The molecule has 0 unspecified atom stereocenters. The lowest BCUT2D eigenvalue weighted by molar-refractivity contribution is 0.134. The van der Waals surface area contributed by atoms with Gasteiger partial charge in [0.05, 0.1) is 0 Å². The molecular formula is C14H27N3O2. The van der Waals surface area contributed by atoms with Gasteiger partial charge in [-0.2, -0.15) is 0 Å². The Morgan fingerprint density at radius 3 is 1.37 bits per heavy atom. The van der Waals surface area contributed by atoms with Crippen LogP contribution in [-0.4, -0.2) is 47.9 Å². The Kier molecular flexibility index (Phi) is 6.59. The van der Waals surface area contributed by atoms with Crippen LogP contribution in [0.2, 0.25) is 0 Å². The van der Waals surface area contributed by atoms with Crippen LogP contribution in [0.4, 0.5) is 9.59 Å². The lowest BCUT2D eigenvalue weighted by Gasteiger charge is -2.36. The van der Waals surface area contributed by atoms with Gasteiger partial charge < -0.3 is 0 Å². The molecule has 5 nitrogen and oxygen atoms in total. The molecule has 0 aromatic carbocycles. The number of rotatable bonds is 2. The van der Waals surface area contributed by atoms with Gasteiger partial charge in [-0.15, -0.1) is 0 Å². The lowest BCUT2D eigenvalue weighted by atomic mass is 10.0. The highest BCUT2D eigenvalue weighted by molar-refractivity contribution is 5.97. The topological polar surface area (TPSA) is 43.9 Å². The van der Waals surface area contributed by atoms with E-state index in [1.165, 1.54) is 23.3 Å². The first-order valence-electron chi connectivity index (χ1n) is 6.57. The summed E-state index contributed by atoms with van der Waals surface area (Å²) in [6.07, 6.45) is 1.36. The SMILES string of the molecule is C=C1N(C)C(=O)N(C)C(=O)N1C.CC(C)CC(C)C. The number of imide groups is 1. The zero-order valence-corrected chi connectivity index (χ0v) is 13.2. The fourth-order valence-corrected chi connectivity index (χ4v) is 1.92. The van der Waals surface area contributed by atoms with Crippen LogP contribution in [-0.2, 0) is 0 Å². The number of carbonyl (C=O) groups excluding carboxylic acids is 2. The molecule has 1 aliphatic heterocycles. The van der Waals surface area contributed by atoms with Gasteiger partial charge in [0.2, 0.25) is 0 Å². The van der Waals surface area contributed by atoms with Crippen molar-refractivity contribution < 1.29 is 9.59 Å². The average Bonchev–Trinajstić information content (AvgIpc) is 2.30. The summed E-state index contributed by atoms with van der Waals surface area (Å²) >= 11 is 0. The molecule has 0 saturated carbocycles. The normalized spacial score (nSPS) is 16.3. The second-order valence-corrected chi connectivity index (χ2v) is 5.68. The van der Waals surface area contributed by atoms with Crippen LogP contribution >= 0.6 is 0 Å². The summed E-state index contributed by atoms with van der Waals surface area (Å²) in [5, 5.41) is 0. The third-order valence-corrected chi connectivity index (χ3v) is 2.86. The van der Waals surface area contributed by atoms with Gasteiger partial charge in [0, 0.05) is 21.1 Å².